The molecule has 1 unspecified atom stereocenters. The van der Waals surface area contributed by atoms with Gasteiger partial charge in [0, 0.05) is 16.7 Å². The Labute approximate surface area is 199 Å². The third-order valence-corrected chi connectivity index (χ3v) is 6.16. The predicted octanol–water partition coefficient (Wildman–Crippen LogP) is 6.46. The summed E-state index contributed by atoms with van der Waals surface area (Å²) in [6.45, 7) is 4.08. The first kappa shape index (κ1) is 23.1. The van der Waals surface area contributed by atoms with Crippen LogP contribution in [0.15, 0.2) is 60.7 Å². The molecule has 1 heterocycles. The molecule has 1 atom stereocenters. The van der Waals surface area contributed by atoms with Gasteiger partial charge in [-0.3, -0.25) is 4.79 Å². The van der Waals surface area contributed by atoms with E-state index in [1.807, 2.05) is 68.4 Å². The van der Waals surface area contributed by atoms with Crippen LogP contribution in [-0.4, -0.2) is 35.6 Å². The highest BCUT2D eigenvalue weighted by Crippen LogP contribution is 2.38. The number of aldehydes is 1. The van der Waals surface area contributed by atoms with Crippen molar-refractivity contribution in [3.8, 4) is 51.2 Å². The number of methoxy groups -OCH3 is 2. The average molecular weight is 457 g/mol. The summed E-state index contributed by atoms with van der Waals surface area (Å²) in [5, 5.41) is 10.6. The Morgan fingerprint density at radius 3 is 2.06 bits per heavy atom. The van der Waals surface area contributed by atoms with Gasteiger partial charge in [-0.25, -0.2) is 4.98 Å². The number of aromatic hydroxyl groups is 1. The molecule has 174 valence electrons. The highest BCUT2D eigenvalue weighted by Gasteiger charge is 2.20. The molecule has 0 amide bonds. The van der Waals surface area contributed by atoms with Gasteiger partial charge in [-0.15, -0.1) is 0 Å². The van der Waals surface area contributed by atoms with Crippen molar-refractivity contribution in [3.05, 3.63) is 71.8 Å². The standard InChI is InChI=1S/C28H28N2O4/c1-5-17(2)24-15-20(14-21(16-31)27(24)32)28-29-25(18-6-10-22(33-3)11-7-18)26(30-28)19-8-12-23(34-4)13-9-19/h6-17,32H,5H2,1-4H3,(H,29,30). The molecule has 0 saturated carbocycles. The van der Waals surface area contributed by atoms with E-state index in [2.05, 4.69) is 4.98 Å². The number of benzene rings is 3. The average Bonchev–Trinajstić information content (AvgIpc) is 3.34. The third-order valence-electron chi connectivity index (χ3n) is 6.16. The largest absolute Gasteiger partial charge is 0.507 e. The smallest absolute Gasteiger partial charge is 0.153 e. The quantitative estimate of drug-likeness (QED) is 0.297. The number of carbonyl (C=O) groups is 1. The number of nitrogens with one attached hydrogen (secondary N) is 1. The van der Waals surface area contributed by atoms with Crippen LogP contribution < -0.4 is 9.47 Å². The molecule has 6 nitrogen and oxygen atoms in total. The fourth-order valence-corrected chi connectivity index (χ4v) is 3.94. The molecular formula is C28H28N2O4. The van der Waals surface area contributed by atoms with Crippen molar-refractivity contribution < 1.29 is 19.4 Å². The van der Waals surface area contributed by atoms with Gasteiger partial charge in [-0.1, -0.05) is 13.8 Å². The fraction of sp³-hybridized carbons (Fsp3) is 0.214. The van der Waals surface area contributed by atoms with Crippen LogP contribution in [0.4, 0.5) is 0 Å². The van der Waals surface area contributed by atoms with Crippen molar-refractivity contribution in [2.45, 2.75) is 26.2 Å². The monoisotopic (exact) mass is 456 g/mol. The second-order valence-corrected chi connectivity index (χ2v) is 8.20. The summed E-state index contributed by atoms with van der Waals surface area (Å²) in [4.78, 5) is 20.1. The summed E-state index contributed by atoms with van der Waals surface area (Å²) in [5.41, 5.74) is 5.20. The number of aromatic amines is 1. The summed E-state index contributed by atoms with van der Waals surface area (Å²) < 4.78 is 10.6. The van der Waals surface area contributed by atoms with Gasteiger partial charge in [-0.2, -0.15) is 0 Å². The maximum atomic E-state index is 11.7. The molecule has 4 aromatic rings. The maximum absolute atomic E-state index is 11.7. The lowest BCUT2D eigenvalue weighted by atomic mass is 9.93. The molecule has 0 aliphatic carbocycles. The van der Waals surface area contributed by atoms with E-state index in [0.29, 0.717) is 12.1 Å². The van der Waals surface area contributed by atoms with Crippen LogP contribution in [0.3, 0.4) is 0 Å². The van der Waals surface area contributed by atoms with Crippen molar-refractivity contribution in [1.29, 1.82) is 0 Å². The molecular weight excluding hydrogens is 428 g/mol. The number of hydrogen-bond donors (Lipinski definition) is 2. The minimum absolute atomic E-state index is 0.0328. The Balaban J connectivity index is 1.90. The lowest BCUT2D eigenvalue weighted by Gasteiger charge is -2.14. The molecule has 34 heavy (non-hydrogen) atoms. The second kappa shape index (κ2) is 9.83. The zero-order valence-corrected chi connectivity index (χ0v) is 19.8. The van der Waals surface area contributed by atoms with Gasteiger partial charge < -0.3 is 19.6 Å². The number of aromatic nitrogens is 2. The molecule has 0 aliphatic rings. The Bertz CT molecular complexity index is 1230. The van der Waals surface area contributed by atoms with E-state index in [4.69, 9.17) is 14.5 Å². The Morgan fingerprint density at radius 2 is 1.53 bits per heavy atom. The lowest BCUT2D eigenvalue weighted by Crippen LogP contribution is -1.97. The summed E-state index contributed by atoms with van der Waals surface area (Å²) in [5.74, 6) is 2.27. The first-order valence-corrected chi connectivity index (χ1v) is 11.2. The number of nitrogens with zero attached hydrogens (tertiary/aromatic N) is 1. The number of carbonyl (C=O) groups excluding carboxylic acids is 1. The zero-order chi connectivity index (χ0) is 24.2. The number of ether oxygens (including phenoxy) is 2. The number of phenols is 1. The molecule has 0 spiro atoms. The Hall–Kier alpha value is -4.06. The number of hydrogen-bond acceptors (Lipinski definition) is 5. The van der Waals surface area contributed by atoms with Gasteiger partial charge in [0.1, 0.15) is 23.1 Å². The SMILES string of the molecule is CCC(C)c1cc(-c2nc(-c3ccc(OC)cc3)c(-c3ccc(OC)cc3)[nH]2)cc(C=O)c1O. The minimum atomic E-state index is 0.0328. The molecule has 0 saturated heterocycles. The van der Waals surface area contributed by atoms with Crippen LogP contribution in [0.2, 0.25) is 0 Å². The van der Waals surface area contributed by atoms with E-state index >= 15 is 0 Å². The van der Waals surface area contributed by atoms with Gasteiger partial charge in [0.05, 0.1) is 31.2 Å². The van der Waals surface area contributed by atoms with E-state index in [0.717, 1.165) is 51.6 Å². The van der Waals surface area contributed by atoms with Crippen molar-refractivity contribution in [2.24, 2.45) is 0 Å². The molecule has 6 heteroatoms. The lowest BCUT2D eigenvalue weighted by molar-refractivity contribution is 0.112. The second-order valence-electron chi connectivity index (χ2n) is 8.20. The summed E-state index contributed by atoms with van der Waals surface area (Å²) in [6, 6.07) is 19.0. The van der Waals surface area contributed by atoms with Crippen molar-refractivity contribution in [3.63, 3.8) is 0 Å². The maximum Gasteiger partial charge on any atom is 0.153 e. The van der Waals surface area contributed by atoms with Crippen LogP contribution in [0.1, 0.15) is 42.1 Å². The summed E-state index contributed by atoms with van der Waals surface area (Å²) in [6.07, 6.45) is 1.52. The topological polar surface area (TPSA) is 84.4 Å². The summed E-state index contributed by atoms with van der Waals surface area (Å²) in [7, 11) is 3.27. The van der Waals surface area contributed by atoms with Gasteiger partial charge in [-0.05, 0) is 78.6 Å². The summed E-state index contributed by atoms with van der Waals surface area (Å²) >= 11 is 0. The van der Waals surface area contributed by atoms with Crippen molar-refractivity contribution in [2.75, 3.05) is 14.2 Å². The number of rotatable bonds is 8. The molecule has 0 aliphatic heterocycles. The van der Waals surface area contributed by atoms with Crippen molar-refractivity contribution >= 4 is 6.29 Å². The van der Waals surface area contributed by atoms with Crippen LogP contribution >= 0.6 is 0 Å². The normalized spacial score (nSPS) is 11.8. The van der Waals surface area contributed by atoms with E-state index in [9.17, 15) is 9.90 Å². The molecule has 4 rings (SSSR count). The van der Waals surface area contributed by atoms with E-state index in [-0.39, 0.29) is 17.2 Å². The highest BCUT2D eigenvalue weighted by atomic mass is 16.5. The van der Waals surface area contributed by atoms with Crippen LogP contribution in [0, 0.1) is 0 Å². The van der Waals surface area contributed by atoms with Gasteiger partial charge in [0.15, 0.2) is 6.29 Å². The van der Waals surface area contributed by atoms with Crippen LogP contribution in [-0.2, 0) is 0 Å². The predicted molar refractivity (Wildman–Crippen MR) is 134 cm³/mol. The Morgan fingerprint density at radius 1 is 0.941 bits per heavy atom. The molecule has 1 aromatic heterocycles. The number of H-pyrrole nitrogens is 1. The van der Waals surface area contributed by atoms with Gasteiger partial charge in [0.2, 0.25) is 0 Å². The number of imidazole rings is 1. The fourth-order valence-electron chi connectivity index (χ4n) is 3.94. The molecule has 0 fully saturated rings. The molecule has 0 radical (unpaired) electrons. The van der Waals surface area contributed by atoms with E-state index < -0.39 is 0 Å². The van der Waals surface area contributed by atoms with Crippen LogP contribution in [0.25, 0.3) is 33.9 Å². The molecule has 3 aromatic carbocycles. The Kier molecular flexibility index (Phi) is 6.68. The molecule has 0 bridgehead atoms. The van der Waals surface area contributed by atoms with Gasteiger partial charge in [0.25, 0.3) is 0 Å². The number of phenolic OH excluding ortho intramolecular Hbond substituents is 1. The van der Waals surface area contributed by atoms with Crippen molar-refractivity contribution in [1.82, 2.24) is 9.97 Å². The minimum Gasteiger partial charge on any atom is -0.507 e. The van der Waals surface area contributed by atoms with Crippen LogP contribution in [0.5, 0.6) is 17.2 Å². The first-order valence-electron chi connectivity index (χ1n) is 11.2. The molecule has 2 N–H and O–H groups in total. The first-order chi connectivity index (χ1) is 16.5. The zero-order valence-electron chi connectivity index (χ0n) is 19.8. The third kappa shape index (κ3) is 4.39. The highest BCUT2D eigenvalue weighted by molar-refractivity contribution is 5.85. The van der Waals surface area contributed by atoms with E-state index in [1.54, 1.807) is 20.3 Å². The van der Waals surface area contributed by atoms with Gasteiger partial charge >= 0.3 is 0 Å². The van der Waals surface area contributed by atoms with E-state index in [1.165, 1.54) is 0 Å².